The van der Waals surface area contributed by atoms with Gasteiger partial charge in [-0.05, 0) is 24.3 Å². The van der Waals surface area contributed by atoms with Crippen LogP contribution in [-0.4, -0.2) is 46.3 Å². The summed E-state index contributed by atoms with van der Waals surface area (Å²) in [5.74, 6) is 1.47. The lowest BCUT2D eigenvalue weighted by Gasteiger charge is -2.05. The average Bonchev–Trinajstić information content (AvgIpc) is 3.00. The van der Waals surface area contributed by atoms with Crippen LogP contribution in [0.25, 0.3) is 16.7 Å². The molecule has 0 radical (unpaired) electrons. The van der Waals surface area contributed by atoms with Gasteiger partial charge in [0.2, 0.25) is 0 Å². The molecule has 0 fully saturated rings. The Morgan fingerprint density at radius 1 is 1.26 bits per heavy atom. The fourth-order valence-electron chi connectivity index (χ4n) is 2.10. The summed E-state index contributed by atoms with van der Waals surface area (Å²) in [6.45, 7) is 0.587. The van der Waals surface area contributed by atoms with Gasteiger partial charge < -0.3 is 14.5 Å². The third-order valence-electron chi connectivity index (χ3n) is 3.26. The summed E-state index contributed by atoms with van der Waals surface area (Å²) in [5.41, 5.74) is 1.14. The van der Waals surface area contributed by atoms with Crippen LogP contribution >= 0.6 is 11.8 Å². The van der Waals surface area contributed by atoms with Crippen molar-refractivity contribution in [1.82, 2.24) is 19.7 Å². The molecular formula is C15H16N4O3S. The van der Waals surface area contributed by atoms with Crippen molar-refractivity contribution >= 4 is 22.8 Å². The Bertz CT molecular complexity index is 857. The van der Waals surface area contributed by atoms with E-state index in [2.05, 4.69) is 15.1 Å². The molecule has 1 aromatic carbocycles. The molecule has 0 amide bonds. The van der Waals surface area contributed by atoms with Gasteiger partial charge >= 0.3 is 0 Å². The molecule has 0 spiro atoms. The number of rotatable bonds is 6. The van der Waals surface area contributed by atoms with E-state index in [0.717, 1.165) is 11.4 Å². The lowest BCUT2D eigenvalue weighted by molar-refractivity contribution is 0.218. The summed E-state index contributed by atoms with van der Waals surface area (Å²) in [7, 11) is 3.25. The van der Waals surface area contributed by atoms with Crippen molar-refractivity contribution in [3.05, 3.63) is 40.8 Å². The van der Waals surface area contributed by atoms with Gasteiger partial charge in [0.25, 0.3) is 5.56 Å². The minimum Gasteiger partial charge on any atom is -0.497 e. The van der Waals surface area contributed by atoms with E-state index in [1.165, 1.54) is 18.0 Å². The zero-order chi connectivity index (χ0) is 16.2. The van der Waals surface area contributed by atoms with Crippen LogP contribution in [0.4, 0.5) is 0 Å². The fourth-order valence-corrected chi connectivity index (χ4v) is 2.86. The van der Waals surface area contributed by atoms with Gasteiger partial charge in [0, 0.05) is 12.9 Å². The summed E-state index contributed by atoms with van der Waals surface area (Å²) in [4.78, 5) is 19.4. The first-order valence-electron chi connectivity index (χ1n) is 6.97. The molecule has 0 aliphatic carbocycles. The van der Waals surface area contributed by atoms with E-state index in [1.807, 2.05) is 24.3 Å². The standard InChI is InChI=1S/C15H16N4O3S/c1-21-7-8-23-15-17-13-12(14(20)18-15)9-16-19(13)10-3-5-11(22-2)6-4-10/h3-6,9H,7-8H2,1-2H3,(H,17,18,20). The molecule has 2 aromatic heterocycles. The van der Waals surface area contributed by atoms with Crippen LogP contribution in [-0.2, 0) is 4.74 Å². The number of nitrogens with zero attached hydrogens (tertiary/aromatic N) is 3. The summed E-state index contributed by atoms with van der Waals surface area (Å²) in [6, 6.07) is 7.41. The Morgan fingerprint density at radius 2 is 2.04 bits per heavy atom. The Labute approximate surface area is 136 Å². The van der Waals surface area contributed by atoms with Crippen molar-refractivity contribution in [2.24, 2.45) is 0 Å². The highest BCUT2D eigenvalue weighted by Crippen LogP contribution is 2.19. The molecule has 2 heterocycles. The number of ether oxygens (including phenoxy) is 2. The van der Waals surface area contributed by atoms with Crippen molar-refractivity contribution < 1.29 is 9.47 Å². The van der Waals surface area contributed by atoms with Crippen molar-refractivity contribution in [1.29, 1.82) is 0 Å². The molecule has 3 rings (SSSR count). The van der Waals surface area contributed by atoms with Gasteiger partial charge in [0.1, 0.15) is 11.1 Å². The number of aromatic amines is 1. The quantitative estimate of drug-likeness (QED) is 0.421. The lowest BCUT2D eigenvalue weighted by atomic mass is 10.3. The largest absolute Gasteiger partial charge is 0.497 e. The van der Waals surface area contributed by atoms with Crippen LogP contribution in [0.3, 0.4) is 0 Å². The van der Waals surface area contributed by atoms with Crippen molar-refractivity contribution in [3.8, 4) is 11.4 Å². The van der Waals surface area contributed by atoms with Crippen LogP contribution in [0.5, 0.6) is 5.75 Å². The predicted octanol–water partition coefficient (Wildman–Crippen LogP) is 1.86. The predicted molar refractivity (Wildman–Crippen MR) is 88.6 cm³/mol. The number of nitrogens with one attached hydrogen (secondary N) is 1. The van der Waals surface area contributed by atoms with Crippen molar-refractivity contribution in [2.75, 3.05) is 26.6 Å². The molecule has 0 bridgehead atoms. The molecule has 7 nitrogen and oxygen atoms in total. The molecular weight excluding hydrogens is 316 g/mol. The van der Waals surface area contributed by atoms with Gasteiger partial charge in [-0.3, -0.25) is 4.79 Å². The first-order valence-corrected chi connectivity index (χ1v) is 7.95. The molecule has 0 saturated heterocycles. The third kappa shape index (κ3) is 3.22. The summed E-state index contributed by atoms with van der Waals surface area (Å²) in [6.07, 6.45) is 1.52. The molecule has 0 aliphatic heterocycles. The maximum atomic E-state index is 12.2. The number of benzene rings is 1. The highest BCUT2D eigenvalue weighted by atomic mass is 32.2. The monoisotopic (exact) mass is 332 g/mol. The minimum absolute atomic E-state index is 0.199. The normalized spacial score (nSPS) is 11.0. The Balaban J connectivity index is 2.01. The van der Waals surface area contributed by atoms with Crippen LogP contribution in [0.15, 0.2) is 40.4 Å². The van der Waals surface area contributed by atoms with Gasteiger partial charge in [-0.1, -0.05) is 11.8 Å². The molecule has 23 heavy (non-hydrogen) atoms. The second-order valence-electron chi connectivity index (χ2n) is 4.70. The number of methoxy groups -OCH3 is 2. The average molecular weight is 332 g/mol. The van der Waals surface area contributed by atoms with E-state index >= 15 is 0 Å². The number of hydrogen-bond donors (Lipinski definition) is 1. The molecule has 0 aliphatic rings. The van der Waals surface area contributed by atoms with E-state index < -0.39 is 0 Å². The number of fused-ring (bicyclic) bond motifs is 1. The van der Waals surface area contributed by atoms with E-state index in [-0.39, 0.29) is 5.56 Å². The van der Waals surface area contributed by atoms with Crippen LogP contribution in [0.1, 0.15) is 0 Å². The van der Waals surface area contributed by atoms with Gasteiger partial charge in [0.05, 0.1) is 25.6 Å². The second-order valence-corrected chi connectivity index (χ2v) is 5.79. The van der Waals surface area contributed by atoms with Gasteiger partial charge in [0.15, 0.2) is 10.8 Å². The zero-order valence-electron chi connectivity index (χ0n) is 12.8. The van der Waals surface area contributed by atoms with Crippen molar-refractivity contribution in [3.63, 3.8) is 0 Å². The van der Waals surface area contributed by atoms with Gasteiger partial charge in [-0.15, -0.1) is 0 Å². The Hall–Kier alpha value is -2.32. The number of aromatic nitrogens is 4. The molecule has 0 atom stereocenters. The van der Waals surface area contributed by atoms with Crippen molar-refractivity contribution in [2.45, 2.75) is 5.16 Å². The van der Waals surface area contributed by atoms with Gasteiger partial charge in [-0.25, -0.2) is 9.67 Å². The van der Waals surface area contributed by atoms with Crippen LogP contribution in [0.2, 0.25) is 0 Å². The molecule has 3 aromatic rings. The maximum absolute atomic E-state index is 12.2. The summed E-state index contributed by atoms with van der Waals surface area (Å²) >= 11 is 1.43. The highest BCUT2D eigenvalue weighted by molar-refractivity contribution is 7.99. The van der Waals surface area contributed by atoms with E-state index in [4.69, 9.17) is 9.47 Å². The first kappa shape index (κ1) is 15.6. The smallest absolute Gasteiger partial charge is 0.262 e. The van der Waals surface area contributed by atoms with E-state index in [9.17, 15) is 4.79 Å². The molecule has 120 valence electrons. The molecule has 0 unspecified atom stereocenters. The topological polar surface area (TPSA) is 82.0 Å². The van der Waals surface area contributed by atoms with E-state index in [0.29, 0.717) is 28.5 Å². The Kier molecular flexibility index (Phi) is 4.63. The first-order chi connectivity index (χ1) is 11.2. The molecule has 0 saturated carbocycles. The SMILES string of the molecule is COCCSc1nc2c(cnn2-c2ccc(OC)cc2)c(=O)[nH]1. The highest BCUT2D eigenvalue weighted by Gasteiger charge is 2.12. The number of hydrogen-bond acceptors (Lipinski definition) is 6. The lowest BCUT2D eigenvalue weighted by Crippen LogP contribution is -2.10. The van der Waals surface area contributed by atoms with E-state index in [1.54, 1.807) is 18.9 Å². The second kappa shape index (κ2) is 6.84. The molecule has 8 heteroatoms. The summed E-state index contributed by atoms with van der Waals surface area (Å²) < 4.78 is 11.8. The van der Waals surface area contributed by atoms with Crippen LogP contribution < -0.4 is 10.3 Å². The minimum atomic E-state index is -0.199. The third-order valence-corrected chi connectivity index (χ3v) is 4.10. The zero-order valence-corrected chi connectivity index (χ0v) is 13.6. The van der Waals surface area contributed by atoms with Gasteiger partial charge in [-0.2, -0.15) is 5.10 Å². The molecule has 1 N–H and O–H groups in total. The Morgan fingerprint density at radius 3 is 2.74 bits per heavy atom. The number of H-pyrrole nitrogens is 1. The maximum Gasteiger partial charge on any atom is 0.262 e. The van der Waals surface area contributed by atoms with Crippen LogP contribution in [0, 0.1) is 0 Å². The fraction of sp³-hybridized carbons (Fsp3) is 0.267. The number of thioether (sulfide) groups is 1. The summed E-state index contributed by atoms with van der Waals surface area (Å²) in [5, 5.41) is 5.29.